The van der Waals surface area contributed by atoms with Gasteiger partial charge in [0, 0.05) is 23.2 Å². The van der Waals surface area contributed by atoms with Crippen molar-refractivity contribution in [1.82, 2.24) is 4.98 Å². The molecule has 3 N–H and O–H groups in total. The molecule has 1 aromatic heterocycles. The van der Waals surface area contributed by atoms with Crippen molar-refractivity contribution in [1.29, 1.82) is 0 Å². The highest BCUT2D eigenvalue weighted by atomic mass is 32.2. The SMILES string of the molecule is O=C(C[C@@H]1Sc2ccccc2NC1=O)Nc1ccc(S(=O)(=O)Nc2ccccn2)cc1. The van der Waals surface area contributed by atoms with E-state index in [0.717, 1.165) is 10.6 Å². The van der Waals surface area contributed by atoms with Gasteiger partial charge in [-0.15, -0.1) is 11.8 Å². The zero-order valence-electron chi connectivity index (χ0n) is 16.1. The number of carbonyl (C=O) groups is 2. The Balaban J connectivity index is 1.38. The maximum Gasteiger partial charge on any atom is 0.263 e. The van der Waals surface area contributed by atoms with Crippen molar-refractivity contribution in [2.24, 2.45) is 0 Å². The fraction of sp³-hybridized carbons (Fsp3) is 0.0952. The summed E-state index contributed by atoms with van der Waals surface area (Å²) >= 11 is 1.34. The third kappa shape index (κ3) is 5.04. The first kappa shape index (κ1) is 20.9. The van der Waals surface area contributed by atoms with Crippen molar-refractivity contribution in [2.45, 2.75) is 21.5 Å². The molecule has 3 aromatic rings. The Bertz CT molecular complexity index is 1220. The lowest BCUT2D eigenvalue weighted by Crippen LogP contribution is -2.32. The molecule has 2 heterocycles. The zero-order valence-corrected chi connectivity index (χ0v) is 17.7. The third-order valence-corrected chi connectivity index (χ3v) is 7.08. The summed E-state index contributed by atoms with van der Waals surface area (Å²) in [7, 11) is -3.80. The van der Waals surface area contributed by atoms with Gasteiger partial charge < -0.3 is 10.6 Å². The molecule has 2 aromatic carbocycles. The number of carbonyl (C=O) groups excluding carboxylic acids is 2. The van der Waals surface area contributed by atoms with Gasteiger partial charge in [0.2, 0.25) is 11.8 Å². The number of nitrogens with one attached hydrogen (secondary N) is 3. The van der Waals surface area contributed by atoms with Crippen LogP contribution in [-0.2, 0) is 19.6 Å². The molecular weight excluding hydrogens is 436 g/mol. The highest BCUT2D eigenvalue weighted by Gasteiger charge is 2.28. The highest BCUT2D eigenvalue weighted by molar-refractivity contribution is 8.01. The van der Waals surface area contributed by atoms with Crippen LogP contribution in [0.1, 0.15) is 6.42 Å². The van der Waals surface area contributed by atoms with Gasteiger partial charge in [0.1, 0.15) is 5.82 Å². The Labute approximate surface area is 183 Å². The van der Waals surface area contributed by atoms with Gasteiger partial charge in [-0.1, -0.05) is 18.2 Å². The van der Waals surface area contributed by atoms with Gasteiger partial charge in [0.05, 0.1) is 15.8 Å². The molecule has 1 aliphatic rings. The Hall–Kier alpha value is -3.37. The van der Waals surface area contributed by atoms with Gasteiger partial charge in [0.25, 0.3) is 10.0 Å². The number of aromatic nitrogens is 1. The lowest BCUT2D eigenvalue weighted by atomic mass is 10.2. The minimum absolute atomic E-state index is 0.00782. The molecule has 0 radical (unpaired) electrons. The summed E-state index contributed by atoms with van der Waals surface area (Å²) in [6.07, 6.45) is 1.48. The van der Waals surface area contributed by atoms with Crippen molar-refractivity contribution in [3.8, 4) is 0 Å². The largest absolute Gasteiger partial charge is 0.326 e. The van der Waals surface area contributed by atoms with E-state index in [1.54, 1.807) is 18.2 Å². The van der Waals surface area contributed by atoms with Gasteiger partial charge >= 0.3 is 0 Å². The number of para-hydroxylation sites is 1. The molecule has 0 unspecified atom stereocenters. The van der Waals surface area contributed by atoms with Crippen LogP contribution in [0.25, 0.3) is 0 Å². The maximum absolute atomic E-state index is 12.4. The number of thioether (sulfide) groups is 1. The Morgan fingerprint density at radius 1 is 1.03 bits per heavy atom. The number of nitrogens with zero attached hydrogens (tertiary/aromatic N) is 1. The second-order valence-corrected chi connectivity index (χ2v) is 9.62. The number of sulfonamides is 1. The Morgan fingerprint density at radius 3 is 2.52 bits per heavy atom. The normalized spacial score (nSPS) is 15.5. The number of amides is 2. The van der Waals surface area contributed by atoms with E-state index in [4.69, 9.17) is 0 Å². The molecule has 1 atom stereocenters. The van der Waals surface area contributed by atoms with Crippen LogP contribution in [0.5, 0.6) is 0 Å². The fourth-order valence-electron chi connectivity index (χ4n) is 2.94. The predicted octanol–water partition coefficient (Wildman–Crippen LogP) is 3.32. The number of pyridine rings is 1. The summed E-state index contributed by atoms with van der Waals surface area (Å²) in [5, 5.41) is 4.96. The maximum atomic E-state index is 12.4. The molecule has 1 aliphatic heterocycles. The molecule has 10 heteroatoms. The number of anilines is 3. The van der Waals surface area contributed by atoms with E-state index in [1.807, 2.05) is 24.3 Å². The second kappa shape index (κ2) is 8.78. The second-order valence-electron chi connectivity index (χ2n) is 6.69. The van der Waals surface area contributed by atoms with E-state index in [9.17, 15) is 18.0 Å². The van der Waals surface area contributed by atoms with E-state index < -0.39 is 15.3 Å². The smallest absolute Gasteiger partial charge is 0.263 e. The molecule has 0 saturated heterocycles. The summed E-state index contributed by atoms with van der Waals surface area (Å²) in [6, 6.07) is 18.1. The number of hydrogen-bond donors (Lipinski definition) is 3. The van der Waals surface area contributed by atoms with E-state index in [0.29, 0.717) is 5.69 Å². The van der Waals surface area contributed by atoms with Gasteiger partial charge in [0.15, 0.2) is 0 Å². The van der Waals surface area contributed by atoms with E-state index in [1.165, 1.54) is 42.2 Å². The summed E-state index contributed by atoms with van der Waals surface area (Å²) in [5.74, 6) is -0.347. The highest BCUT2D eigenvalue weighted by Crippen LogP contribution is 2.36. The number of rotatable bonds is 6. The van der Waals surface area contributed by atoms with Crippen molar-refractivity contribution in [3.63, 3.8) is 0 Å². The molecule has 2 amide bonds. The first-order valence-corrected chi connectivity index (χ1v) is 11.7. The van der Waals surface area contributed by atoms with Crippen LogP contribution in [0.2, 0.25) is 0 Å². The Morgan fingerprint density at radius 2 is 1.77 bits per heavy atom. The molecule has 4 rings (SSSR count). The molecule has 8 nitrogen and oxygen atoms in total. The number of fused-ring (bicyclic) bond motifs is 1. The first-order chi connectivity index (χ1) is 14.9. The van der Waals surface area contributed by atoms with Gasteiger partial charge in [-0.25, -0.2) is 13.4 Å². The van der Waals surface area contributed by atoms with Gasteiger partial charge in [-0.3, -0.25) is 14.3 Å². The zero-order chi connectivity index (χ0) is 21.8. The number of benzene rings is 2. The monoisotopic (exact) mass is 454 g/mol. The van der Waals surface area contributed by atoms with Gasteiger partial charge in [-0.05, 0) is 48.5 Å². The molecule has 0 fully saturated rings. The van der Waals surface area contributed by atoms with E-state index >= 15 is 0 Å². The fourth-order valence-corrected chi connectivity index (χ4v) is 5.06. The van der Waals surface area contributed by atoms with Crippen LogP contribution in [0.15, 0.2) is 82.7 Å². The molecule has 0 aliphatic carbocycles. The van der Waals surface area contributed by atoms with Crippen LogP contribution in [0.3, 0.4) is 0 Å². The lowest BCUT2D eigenvalue weighted by Gasteiger charge is -2.23. The standard InChI is InChI=1S/C21H18N4O4S2/c26-20(13-18-21(27)24-16-5-1-2-6-17(16)30-18)23-14-8-10-15(11-9-14)31(28,29)25-19-7-3-4-12-22-19/h1-12,18H,13H2,(H,22,25)(H,23,26)(H,24,27)/t18-/m0/s1. The average molecular weight is 455 g/mol. The third-order valence-electron chi connectivity index (χ3n) is 4.43. The minimum Gasteiger partial charge on any atom is -0.326 e. The van der Waals surface area contributed by atoms with E-state index in [-0.39, 0.29) is 28.9 Å². The van der Waals surface area contributed by atoms with Crippen molar-refractivity contribution < 1.29 is 18.0 Å². The quantitative estimate of drug-likeness (QED) is 0.526. The Kier molecular flexibility index (Phi) is 5.92. The molecule has 0 saturated carbocycles. The summed E-state index contributed by atoms with van der Waals surface area (Å²) in [6.45, 7) is 0. The van der Waals surface area contributed by atoms with Crippen LogP contribution in [-0.4, -0.2) is 30.5 Å². The molecule has 0 spiro atoms. The summed E-state index contributed by atoms with van der Waals surface area (Å²) < 4.78 is 27.3. The minimum atomic E-state index is -3.80. The summed E-state index contributed by atoms with van der Waals surface area (Å²) in [4.78, 5) is 29.6. The van der Waals surface area contributed by atoms with Crippen LogP contribution in [0.4, 0.5) is 17.2 Å². The molecule has 31 heavy (non-hydrogen) atoms. The topological polar surface area (TPSA) is 117 Å². The van der Waals surface area contributed by atoms with Crippen LogP contribution >= 0.6 is 11.8 Å². The van der Waals surface area contributed by atoms with Crippen LogP contribution in [0, 0.1) is 0 Å². The lowest BCUT2D eigenvalue weighted by molar-refractivity contribution is -0.120. The molecular formula is C21H18N4O4S2. The van der Waals surface area contributed by atoms with Crippen LogP contribution < -0.4 is 15.4 Å². The van der Waals surface area contributed by atoms with Crippen molar-refractivity contribution in [3.05, 3.63) is 72.9 Å². The van der Waals surface area contributed by atoms with E-state index in [2.05, 4.69) is 20.3 Å². The van der Waals surface area contributed by atoms with Crippen molar-refractivity contribution >= 4 is 50.8 Å². The summed E-state index contributed by atoms with van der Waals surface area (Å²) in [5.41, 5.74) is 1.17. The predicted molar refractivity (Wildman–Crippen MR) is 119 cm³/mol. The molecule has 158 valence electrons. The average Bonchev–Trinajstić information content (AvgIpc) is 2.75. The molecule has 0 bridgehead atoms. The first-order valence-electron chi connectivity index (χ1n) is 9.31. The number of hydrogen-bond acceptors (Lipinski definition) is 6. The van der Waals surface area contributed by atoms with Gasteiger partial charge in [-0.2, -0.15) is 0 Å². The van der Waals surface area contributed by atoms with Crippen molar-refractivity contribution in [2.75, 3.05) is 15.4 Å².